The number of rotatable bonds is 5. The smallest absolute Gasteiger partial charge is 0.133 e. The van der Waals surface area contributed by atoms with Gasteiger partial charge in [0.1, 0.15) is 11.0 Å². The van der Waals surface area contributed by atoms with Crippen LogP contribution in [0.3, 0.4) is 0 Å². The Morgan fingerprint density at radius 1 is 1.43 bits per heavy atom. The molecule has 0 fully saturated rings. The Bertz CT molecular complexity index is 276. The van der Waals surface area contributed by atoms with Crippen LogP contribution in [0.15, 0.2) is 6.07 Å². The summed E-state index contributed by atoms with van der Waals surface area (Å²) in [6.45, 7) is 3.24. The number of alkyl halides is 1. The van der Waals surface area contributed by atoms with Gasteiger partial charge in [0.05, 0.1) is 13.2 Å². The summed E-state index contributed by atoms with van der Waals surface area (Å²) in [4.78, 5) is 8.34. The van der Waals surface area contributed by atoms with E-state index in [1.807, 2.05) is 6.92 Å². The zero-order valence-corrected chi connectivity index (χ0v) is 10.3. The van der Waals surface area contributed by atoms with Crippen molar-refractivity contribution in [3.8, 4) is 0 Å². The molecule has 5 heteroatoms. The molecule has 0 saturated heterocycles. The van der Waals surface area contributed by atoms with E-state index in [0.717, 1.165) is 16.8 Å². The SMILES string of the molecule is Cc1cc(Cl)nc(CCOCCBr)n1. The van der Waals surface area contributed by atoms with Crippen LogP contribution in [0, 0.1) is 6.92 Å². The van der Waals surface area contributed by atoms with Crippen molar-refractivity contribution in [3.05, 3.63) is 22.7 Å². The maximum atomic E-state index is 5.79. The third-order valence-electron chi connectivity index (χ3n) is 1.56. The van der Waals surface area contributed by atoms with Crippen LogP contribution in [0.2, 0.25) is 5.15 Å². The van der Waals surface area contributed by atoms with E-state index in [4.69, 9.17) is 16.3 Å². The molecule has 0 unspecified atom stereocenters. The van der Waals surface area contributed by atoms with Crippen molar-refractivity contribution in [1.29, 1.82) is 0 Å². The van der Waals surface area contributed by atoms with Gasteiger partial charge in [0.15, 0.2) is 0 Å². The summed E-state index contributed by atoms with van der Waals surface area (Å²) < 4.78 is 5.30. The minimum absolute atomic E-state index is 0.494. The predicted octanol–water partition coefficient (Wildman–Crippen LogP) is 2.39. The lowest BCUT2D eigenvalue weighted by molar-refractivity contribution is 0.152. The first kappa shape index (κ1) is 11.9. The molecule has 0 radical (unpaired) electrons. The third kappa shape index (κ3) is 4.35. The molecule has 0 aliphatic rings. The Labute approximate surface area is 97.0 Å². The highest BCUT2D eigenvalue weighted by Gasteiger charge is 2.00. The Hall–Kier alpha value is -0.190. The lowest BCUT2D eigenvalue weighted by atomic mass is 10.4. The van der Waals surface area contributed by atoms with Gasteiger partial charge in [0.25, 0.3) is 0 Å². The number of nitrogens with zero attached hydrogens (tertiary/aromatic N) is 2. The molecule has 0 bridgehead atoms. The quantitative estimate of drug-likeness (QED) is 0.472. The molecule has 0 aliphatic heterocycles. The fourth-order valence-electron chi connectivity index (χ4n) is 1.02. The zero-order chi connectivity index (χ0) is 10.4. The molecular formula is C9H12BrClN2O. The zero-order valence-electron chi connectivity index (χ0n) is 7.96. The average Bonchev–Trinajstić information content (AvgIpc) is 2.11. The van der Waals surface area contributed by atoms with Gasteiger partial charge in [-0.25, -0.2) is 9.97 Å². The highest BCUT2D eigenvalue weighted by atomic mass is 79.9. The van der Waals surface area contributed by atoms with E-state index in [1.54, 1.807) is 6.07 Å². The lowest BCUT2D eigenvalue weighted by Crippen LogP contribution is -2.05. The van der Waals surface area contributed by atoms with Gasteiger partial charge in [-0.15, -0.1) is 0 Å². The van der Waals surface area contributed by atoms with Crippen LogP contribution in [-0.4, -0.2) is 28.5 Å². The van der Waals surface area contributed by atoms with E-state index in [0.29, 0.717) is 24.8 Å². The molecular weight excluding hydrogens is 267 g/mol. The predicted molar refractivity (Wildman–Crippen MR) is 60.1 cm³/mol. The molecule has 0 amide bonds. The maximum Gasteiger partial charge on any atom is 0.133 e. The highest BCUT2D eigenvalue weighted by Crippen LogP contribution is 2.06. The highest BCUT2D eigenvalue weighted by molar-refractivity contribution is 9.09. The van der Waals surface area contributed by atoms with Gasteiger partial charge < -0.3 is 4.74 Å². The molecule has 1 heterocycles. The second-order valence-electron chi connectivity index (χ2n) is 2.80. The first-order valence-corrected chi connectivity index (χ1v) is 5.86. The Kier molecular flexibility index (Phi) is 5.37. The van der Waals surface area contributed by atoms with Crippen molar-refractivity contribution in [1.82, 2.24) is 9.97 Å². The van der Waals surface area contributed by atoms with Gasteiger partial charge >= 0.3 is 0 Å². The van der Waals surface area contributed by atoms with E-state index in [2.05, 4.69) is 25.9 Å². The average molecular weight is 280 g/mol. The number of ether oxygens (including phenoxy) is 1. The van der Waals surface area contributed by atoms with E-state index in [9.17, 15) is 0 Å². The number of hydrogen-bond acceptors (Lipinski definition) is 3. The lowest BCUT2D eigenvalue weighted by Gasteiger charge is -2.02. The normalized spacial score (nSPS) is 10.5. The molecule has 0 N–H and O–H groups in total. The maximum absolute atomic E-state index is 5.79. The van der Waals surface area contributed by atoms with Crippen LogP contribution < -0.4 is 0 Å². The van der Waals surface area contributed by atoms with Crippen molar-refractivity contribution in [2.24, 2.45) is 0 Å². The second-order valence-corrected chi connectivity index (χ2v) is 3.98. The van der Waals surface area contributed by atoms with Crippen molar-refractivity contribution < 1.29 is 4.74 Å². The standard InChI is InChI=1S/C9H12BrClN2O/c1-7-6-8(11)13-9(12-7)2-4-14-5-3-10/h6H,2-5H2,1H3. The number of halogens is 2. The van der Waals surface area contributed by atoms with Crippen molar-refractivity contribution in [2.45, 2.75) is 13.3 Å². The van der Waals surface area contributed by atoms with Crippen LogP contribution in [0.5, 0.6) is 0 Å². The van der Waals surface area contributed by atoms with E-state index < -0.39 is 0 Å². The van der Waals surface area contributed by atoms with Crippen LogP contribution in [0.25, 0.3) is 0 Å². The monoisotopic (exact) mass is 278 g/mol. The Morgan fingerprint density at radius 2 is 2.21 bits per heavy atom. The molecule has 0 saturated carbocycles. The van der Waals surface area contributed by atoms with Crippen molar-refractivity contribution >= 4 is 27.5 Å². The fraction of sp³-hybridized carbons (Fsp3) is 0.556. The Morgan fingerprint density at radius 3 is 2.86 bits per heavy atom. The summed E-state index contributed by atoms with van der Waals surface area (Å²) in [6.07, 6.45) is 0.703. The van der Waals surface area contributed by atoms with Crippen LogP contribution in [0.1, 0.15) is 11.5 Å². The van der Waals surface area contributed by atoms with Gasteiger partial charge in [-0.2, -0.15) is 0 Å². The van der Waals surface area contributed by atoms with E-state index in [1.165, 1.54) is 0 Å². The molecule has 0 aromatic carbocycles. The molecule has 78 valence electrons. The fourth-order valence-corrected chi connectivity index (χ4v) is 1.51. The minimum Gasteiger partial charge on any atom is -0.380 e. The van der Waals surface area contributed by atoms with Gasteiger partial charge in [-0.05, 0) is 13.0 Å². The topological polar surface area (TPSA) is 35.0 Å². The molecule has 0 atom stereocenters. The first-order chi connectivity index (χ1) is 6.72. The van der Waals surface area contributed by atoms with E-state index >= 15 is 0 Å². The van der Waals surface area contributed by atoms with Crippen molar-refractivity contribution in [2.75, 3.05) is 18.5 Å². The van der Waals surface area contributed by atoms with E-state index in [-0.39, 0.29) is 0 Å². The number of aryl methyl sites for hydroxylation is 1. The summed E-state index contributed by atoms with van der Waals surface area (Å²) in [6, 6.07) is 1.74. The molecule has 0 spiro atoms. The third-order valence-corrected chi connectivity index (χ3v) is 2.08. The largest absolute Gasteiger partial charge is 0.380 e. The van der Waals surface area contributed by atoms with Gasteiger partial charge in [0, 0.05) is 17.4 Å². The summed E-state index contributed by atoms with van der Waals surface area (Å²) >= 11 is 9.07. The molecule has 3 nitrogen and oxygen atoms in total. The molecule has 1 aromatic rings. The molecule has 14 heavy (non-hydrogen) atoms. The van der Waals surface area contributed by atoms with Gasteiger partial charge in [-0.3, -0.25) is 0 Å². The minimum atomic E-state index is 0.494. The van der Waals surface area contributed by atoms with Crippen LogP contribution in [-0.2, 0) is 11.2 Å². The number of aromatic nitrogens is 2. The Balaban J connectivity index is 2.42. The van der Waals surface area contributed by atoms with Crippen LogP contribution >= 0.6 is 27.5 Å². The number of hydrogen-bond donors (Lipinski definition) is 0. The summed E-state index contributed by atoms with van der Waals surface area (Å²) in [5.74, 6) is 0.740. The second kappa shape index (κ2) is 6.32. The van der Waals surface area contributed by atoms with Crippen LogP contribution in [0.4, 0.5) is 0 Å². The summed E-state index contributed by atoms with van der Waals surface area (Å²) in [5, 5.41) is 1.34. The van der Waals surface area contributed by atoms with Gasteiger partial charge in [-0.1, -0.05) is 27.5 Å². The van der Waals surface area contributed by atoms with Crippen molar-refractivity contribution in [3.63, 3.8) is 0 Å². The molecule has 1 aromatic heterocycles. The molecule has 1 rings (SSSR count). The summed E-state index contributed by atoms with van der Waals surface area (Å²) in [7, 11) is 0. The molecule has 0 aliphatic carbocycles. The first-order valence-electron chi connectivity index (χ1n) is 4.36. The van der Waals surface area contributed by atoms with Gasteiger partial charge in [0.2, 0.25) is 0 Å². The summed E-state index contributed by atoms with van der Waals surface area (Å²) in [5.41, 5.74) is 0.889.